The van der Waals surface area contributed by atoms with Crippen LogP contribution in [0.4, 0.5) is 0 Å². The molecule has 0 bridgehead atoms. The topological polar surface area (TPSA) is 69.4 Å². The highest BCUT2D eigenvalue weighted by Gasteiger charge is 2.32. The number of hydrogen-bond acceptors (Lipinski definition) is 6. The lowest BCUT2D eigenvalue weighted by Crippen LogP contribution is -2.38. The van der Waals surface area contributed by atoms with Crippen LogP contribution in [-0.4, -0.2) is 58.9 Å². The fraction of sp³-hybridized carbons (Fsp3) is 0.579. The molecule has 1 aromatic heterocycles. The predicted molar refractivity (Wildman–Crippen MR) is 113 cm³/mol. The second kappa shape index (κ2) is 8.75. The monoisotopic (exact) mass is 424 g/mol. The van der Waals surface area contributed by atoms with Crippen LogP contribution in [0.25, 0.3) is 11.4 Å². The van der Waals surface area contributed by atoms with Crippen LogP contribution in [0.3, 0.4) is 0 Å². The quantitative estimate of drug-likeness (QED) is 0.607. The van der Waals surface area contributed by atoms with Crippen LogP contribution in [0.1, 0.15) is 26.2 Å². The molecular weight excluding hydrogens is 396 g/mol. The Labute approximate surface area is 171 Å². The summed E-state index contributed by atoms with van der Waals surface area (Å²) in [5, 5.41) is 4.74. The second-order valence-corrected chi connectivity index (χ2v) is 9.85. The molecule has 1 atom stereocenters. The van der Waals surface area contributed by atoms with Gasteiger partial charge in [-0.3, -0.25) is 4.90 Å². The third-order valence-electron chi connectivity index (χ3n) is 5.21. The standard InChI is InChI=1S/C19H28N4O3S2/c1-4-5-10-22(16-9-11-28(24,25)13-16)14-23-19(27)21(2)18(20-23)15-7-6-8-17(12-15)26-3/h6-8,12,16H,4-5,9-11,13-14H2,1-3H3/t16-/m1/s1. The SMILES string of the molecule is CCCCN(Cn1nc(-c2cccc(OC)c2)n(C)c1=S)[C@@H]1CCS(=O)(=O)C1. The highest BCUT2D eigenvalue weighted by molar-refractivity contribution is 7.91. The Morgan fingerprint density at radius 1 is 1.39 bits per heavy atom. The van der Waals surface area contributed by atoms with Gasteiger partial charge in [-0.25, -0.2) is 13.1 Å². The molecule has 0 aliphatic carbocycles. The normalized spacial score (nSPS) is 18.6. The largest absolute Gasteiger partial charge is 0.497 e. The van der Waals surface area contributed by atoms with Crippen LogP contribution < -0.4 is 4.74 Å². The van der Waals surface area contributed by atoms with Gasteiger partial charge in [0.15, 0.2) is 20.4 Å². The van der Waals surface area contributed by atoms with E-state index in [1.807, 2.05) is 35.9 Å². The van der Waals surface area contributed by atoms with E-state index in [2.05, 4.69) is 11.8 Å². The maximum absolute atomic E-state index is 12.0. The molecule has 154 valence electrons. The van der Waals surface area contributed by atoms with Crippen molar-refractivity contribution in [2.45, 2.75) is 38.9 Å². The van der Waals surface area contributed by atoms with Gasteiger partial charge in [0.1, 0.15) is 5.75 Å². The van der Waals surface area contributed by atoms with E-state index in [1.165, 1.54) is 0 Å². The molecule has 1 aliphatic heterocycles. The van der Waals surface area contributed by atoms with Crippen molar-refractivity contribution in [1.82, 2.24) is 19.2 Å². The van der Waals surface area contributed by atoms with Gasteiger partial charge in [0.05, 0.1) is 25.3 Å². The third kappa shape index (κ3) is 4.64. The fourth-order valence-electron chi connectivity index (χ4n) is 3.56. The van der Waals surface area contributed by atoms with Crippen molar-refractivity contribution in [2.75, 3.05) is 25.2 Å². The average molecular weight is 425 g/mol. The van der Waals surface area contributed by atoms with Gasteiger partial charge in [0, 0.05) is 25.2 Å². The average Bonchev–Trinajstić information content (AvgIpc) is 3.18. The van der Waals surface area contributed by atoms with Gasteiger partial charge in [-0.1, -0.05) is 25.5 Å². The fourth-order valence-corrected chi connectivity index (χ4v) is 5.51. The Kier molecular flexibility index (Phi) is 6.57. The molecule has 0 amide bonds. The van der Waals surface area contributed by atoms with Crippen molar-refractivity contribution in [2.24, 2.45) is 7.05 Å². The minimum absolute atomic E-state index is 0.0284. The number of hydrogen-bond donors (Lipinski definition) is 0. The van der Waals surface area contributed by atoms with Crippen molar-refractivity contribution in [1.29, 1.82) is 0 Å². The third-order valence-corrected chi connectivity index (χ3v) is 7.44. The Hall–Kier alpha value is -1.71. The highest BCUT2D eigenvalue weighted by Crippen LogP contribution is 2.23. The van der Waals surface area contributed by atoms with Gasteiger partial charge in [-0.05, 0) is 37.2 Å². The molecular formula is C19H28N4O3S2. The van der Waals surface area contributed by atoms with E-state index in [0.29, 0.717) is 17.9 Å². The number of sulfone groups is 1. The van der Waals surface area contributed by atoms with Crippen molar-refractivity contribution in [3.63, 3.8) is 0 Å². The van der Waals surface area contributed by atoms with Gasteiger partial charge >= 0.3 is 0 Å². The molecule has 0 radical (unpaired) electrons. The smallest absolute Gasteiger partial charge is 0.199 e. The van der Waals surface area contributed by atoms with E-state index in [0.717, 1.165) is 36.5 Å². The molecule has 2 heterocycles. The molecule has 28 heavy (non-hydrogen) atoms. The number of unbranched alkanes of at least 4 members (excludes halogenated alkanes) is 1. The summed E-state index contributed by atoms with van der Waals surface area (Å²) in [5.41, 5.74) is 0.926. The Balaban J connectivity index is 1.88. The summed E-state index contributed by atoms with van der Waals surface area (Å²) in [6.45, 7) is 3.47. The van der Waals surface area contributed by atoms with Gasteiger partial charge in [0.2, 0.25) is 0 Å². The number of nitrogens with zero attached hydrogens (tertiary/aromatic N) is 4. The molecule has 0 saturated carbocycles. The predicted octanol–water partition coefficient (Wildman–Crippen LogP) is 2.87. The van der Waals surface area contributed by atoms with E-state index >= 15 is 0 Å². The molecule has 1 aromatic carbocycles. The number of rotatable bonds is 8. The zero-order valence-corrected chi connectivity index (χ0v) is 18.3. The lowest BCUT2D eigenvalue weighted by atomic mass is 10.2. The van der Waals surface area contributed by atoms with Crippen LogP contribution in [0.5, 0.6) is 5.75 Å². The Bertz CT molecular complexity index is 981. The molecule has 1 saturated heterocycles. The molecule has 0 spiro atoms. The first-order valence-corrected chi connectivity index (χ1v) is 11.8. The van der Waals surface area contributed by atoms with E-state index in [4.69, 9.17) is 22.1 Å². The van der Waals surface area contributed by atoms with Crippen LogP contribution >= 0.6 is 12.2 Å². The lowest BCUT2D eigenvalue weighted by molar-refractivity contribution is 0.152. The minimum Gasteiger partial charge on any atom is -0.497 e. The van der Waals surface area contributed by atoms with Crippen molar-refractivity contribution >= 4 is 22.1 Å². The lowest BCUT2D eigenvalue weighted by Gasteiger charge is -2.27. The molecule has 1 fully saturated rings. The molecule has 1 aliphatic rings. The Morgan fingerprint density at radius 2 is 2.18 bits per heavy atom. The second-order valence-electron chi connectivity index (χ2n) is 7.26. The van der Waals surface area contributed by atoms with Crippen LogP contribution in [0.15, 0.2) is 24.3 Å². The molecule has 0 unspecified atom stereocenters. The first-order valence-electron chi connectivity index (χ1n) is 9.57. The summed E-state index contributed by atoms with van der Waals surface area (Å²) < 4.78 is 33.5. The maximum Gasteiger partial charge on any atom is 0.199 e. The van der Waals surface area contributed by atoms with Crippen LogP contribution in [-0.2, 0) is 23.6 Å². The number of ether oxygens (including phenoxy) is 1. The number of methoxy groups -OCH3 is 1. The zero-order valence-electron chi connectivity index (χ0n) is 16.7. The first kappa shape index (κ1) is 21.0. The van der Waals surface area contributed by atoms with Gasteiger partial charge in [-0.15, -0.1) is 0 Å². The Morgan fingerprint density at radius 3 is 2.82 bits per heavy atom. The molecule has 7 nitrogen and oxygen atoms in total. The van der Waals surface area contributed by atoms with Crippen molar-refractivity contribution in [3.8, 4) is 17.1 Å². The van der Waals surface area contributed by atoms with Crippen molar-refractivity contribution in [3.05, 3.63) is 29.0 Å². The minimum atomic E-state index is -2.94. The number of aromatic nitrogens is 3. The molecule has 3 rings (SSSR count). The highest BCUT2D eigenvalue weighted by atomic mass is 32.2. The van der Waals surface area contributed by atoms with E-state index in [-0.39, 0.29) is 17.5 Å². The van der Waals surface area contributed by atoms with Gasteiger partial charge in [-0.2, -0.15) is 5.10 Å². The summed E-state index contributed by atoms with van der Waals surface area (Å²) in [6.07, 6.45) is 2.74. The molecule has 2 aromatic rings. The van der Waals surface area contributed by atoms with Gasteiger partial charge in [0.25, 0.3) is 0 Å². The summed E-state index contributed by atoms with van der Waals surface area (Å²) in [7, 11) is 0.598. The van der Waals surface area contributed by atoms with Crippen LogP contribution in [0.2, 0.25) is 0 Å². The molecule has 9 heteroatoms. The first-order chi connectivity index (χ1) is 13.3. The summed E-state index contributed by atoms with van der Waals surface area (Å²) in [6, 6.07) is 7.75. The summed E-state index contributed by atoms with van der Waals surface area (Å²) >= 11 is 5.61. The van der Waals surface area contributed by atoms with Crippen LogP contribution in [0, 0.1) is 4.77 Å². The van der Waals surface area contributed by atoms with E-state index < -0.39 is 9.84 Å². The maximum atomic E-state index is 12.0. The zero-order chi connectivity index (χ0) is 20.3. The summed E-state index contributed by atoms with van der Waals surface area (Å²) in [4.78, 5) is 2.21. The van der Waals surface area contributed by atoms with Crippen molar-refractivity contribution < 1.29 is 13.2 Å². The summed E-state index contributed by atoms with van der Waals surface area (Å²) in [5.74, 6) is 2.01. The molecule has 0 N–H and O–H groups in total. The van der Waals surface area contributed by atoms with E-state index in [9.17, 15) is 8.42 Å². The van der Waals surface area contributed by atoms with E-state index in [1.54, 1.807) is 11.8 Å². The van der Waals surface area contributed by atoms with Gasteiger partial charge < -0.3 is 9.30 Å². The number of benzene rings is 1.